The van der Waals surface area contributed by atoms with E-state index in [4.69, 9.17) is 9.84 Å². The van der Waals surface area contributed by atoms with Gasteiger partial charge in [0.05, 0.1) is 12.2 Å². The highest BCUT2D eigenvalue weighted by molar-refractivity contribution is 5.83. The van der Waals surface area contributed by atoms with Crippen LogP contribution in [0.4, 0.5) is 0 Å². The van der Waals surface area contributed by atoms with E-state index < -0.39 is 12.0 Å². The summed E-state index contributed by atoms with van der Waals surface area (Å²) in [6.45, 7) is 3.93. The van der Waals surface area contributed by atoms with Gasteiger partial charge < -0.3 is 15.2 Å². The smallest absolute Gasteiger partial charge is 0.326 e. The van der Waals surface area contributed by atoms with E-state index in [1.54, 1.807) is 0 Å². The Morgan fingerprint density at radius 3 is 2.67 bits per heavy atom. The molecule has 18 heavy (non-hydrogen) atoms. The highest BCUT2D eigenvalue weighted by Gasteiger charge is 2.23. The molecule has 1 fully saturated rings. The Morgan fingerprint density at radius 1 is 1.44 bits per heavy atom. The summed E-state index contributed by atoms with van der Waals surface area (Å²) in [7, 11) is 0. The summed E-state index contributed by atoms with van der Waals surface area (Å²) in [5.41, 5.74) is 0. The molecule has 2 N–H and O–H groups in total. The molecule has 0 radical (unpaired) electrons. The number of nitrogens with one attached hydrogen (secondary N) is 1. The van der Waals surface area contributed by atoms with Crippen LogP contribution in [0.3, 0.4) is 0 Å². The molecule has 1 amide bonds. The van der Waals surface area contributed by atoms with E-state index in [-0.39, 0.29) is 18.1 Å². The van der Waals surface area contributed by atoms with Crippen LogP contribution < -0.4 is 5.32 Å². The Hall–Kier alpha value is -1.10. The average Bonchev–Trinajstić information content (AvgIpc) is 2.72. The third-order valence-electron chi connectivity index (χ3n) is 3.22. The van der Waals surface area contributed by atoms with Crippen molar-refractivity contribution in [2.45, 2.75) is 70.6 Å². The maximum atomic E-state index is 11.6. The zero-order valence-corrected chi connectivity index (χ0v) is 11.1. The van der Waals surface area contributed by atoms with Gasteiger partial charge in [0.1, 0.15) is 6.04 Å². The molecule has 1 heterocycles. The van der Waals surface area contributed by atoms with Gasteiger partial charge in [-0.2, -0.15) is 0 Å². The average molecular weight is 257 g/mol. The molecule has 0 aromatic heterocycles. The number of carboxylic acid groups (broad SMARTS) is 1. The summed E-state index contributed by atoms with van der Waals surface area (Å²) >= 11 is 0. The van der Waals surface area contributed by atoms with Crippen LogP contribution in [0.15, 0.2) is 0 Å². The molecule has 1 rings (SSSR count). The third kappa shape index (κ3) is 5.04. The SMILES string of the molecule is CCCC(NC(=O)CCC1CCC(C)O1)C(=O)O. The molecule has 0 spiro atoms. The minimum absolute atomic E-state index is 0.153. The fourth-order valence-corrected chi connectivity index (χ4v) is 2.20. The molecular formula is C13H23NO4. The number of ether oxygens (including phenoxy) is 1. The van der Waals surface area contributed by atoms with E-state index >= 15 is 0 Å². The predicted molar refractivity (Wildman–Crippen MR) is 67.3 cm³/mol. The van der Waals surface area contributed by atoms with Gasteiger partial charge in [-0.15, -0.1) is 0 Å². The lowest BCUT2D eigenvalue weighted by molar-refractivity contribution is -0.142. The fourth-order valence-electron chi connectivity index (χ4n) is 2.20. The standard InChI is InChI=1S/C13H23NO4/c1-3-4-11(13(16)17)14-12(15)8-7-10-6-5-9(2)18-10/h9-11H,3-8H2,1-2H3,(H,14,15)(H,16,17). The number of amides is 1. The Kier molecular flexibility index (Phi) is 6.12. The number of carbonyl (C=O) groups is 2. The number of hydrogen-bond acceptors (Lipinski definition) is 3. The Morgan fingerprint density at radius 2 is 2.17 bits per heavy atom. The topological polar surface area (TPSA) is 75.6 Å². The maximum absolute atomic E-state index is 11.6. The molecule has 0 aromatic carbocycles. The molecule has 104 valence electrons. The fraction of sp³-hybridized carbons (Fsp3) is 0.846. The van der Waals surface area contributed by atoms with Gasteiger partial charge in [-0.1, -0.05) is 13.3 Å². The van der Waals surface area contributed by atoms with Crippen LogP contribution in [0.5, 0.6) is 0 Å². The molecule has 3 unspecified atom stereocenters. The van der Waals surface area contributed by atoms with Crippen LogP contribution >= 0.6 is 0 Å². The molecule has 3 atom stereocenters. The van der Waals surface area contributed by atoms with Gasteiger partial charge in [0.25, 0.3) is 0 Å². The van der Waals surface area contributed by atoms with Crippen LogP contribution in [0, 0.1) is 0 Å². The van der Waals surface area contributed by atoms with Crippen molar-refractivity contribution in [1.29, 1.82) is 0 Å². The van der Waals surface area contributed by atoms with Crippen LogP contribution in [0.1, 0.15) is 52.4 Å². The van der Waals surface area contributed by atoms with Crippen molar-refractivity contribution in [3.8, 4) is 0 Å². The number of carboxylic acids is 1. The lowest BCUT2D eigenvalue weighted by Gasteiger charge is -2.15. The van der Waals surface area contributed by atoms with E-state index in [0.717, 1.165) is 19.3 Å². The molecule has 5 heteroatoms. The van der Waals surface area contributed by atoms with Crippen molar-refractivity contribution in [2.24, 2.45) is 0 Å². The molecule has 0 bridgehead atoms. The van der Waals surface area contributed by atoms with Crippen LogP contribution in [0.25, 0.3) is 0 Å². The van der Waals surface area contributed by atoms with Gasteiger partial charge in [0, 0.05) is 6.42 Å². The van der Waals surface area contributed by atoms with Crippen LogP contribution in [-0.2, 0) is 14.3 Å². The summed E-state index contributed by atoms with van der Waals surface area (Å²) in [5, 5.41) is 11.5. The quantitative estimate of drug-likeness (QED) is 0.728. The van der Waals surface area contributed by atoms with Gasteiger partial charge in [0.2, 0.25) is 5.91 Å². The Labute approximate surface area is 108 Å². The monoisotopic (exact) mass is 257 g/mol. The summed E-state index contributed by atoms with van der Waals surface area (Å²) in [6, 6.07) is -0.758. The van der Waals surface area contributed by atoms with Crippen molar-refractivity contribution in [2.75, 3.05) is 0 Å². The van der Waals surface area contributed by atoms with E-state index in [1.807, 2.05) is 13.8 Å². The number of carbonyl (C=O) groups excluding carboxylic acids is 1. The minimum Gasteiger partial charge on any atom is -0.480 e. The molecule has 5 nitrogen and oxygen atoms in total. The second-order valence-electron chi connectivity index (χ2n) is 4.93. The Bertz CT molecular complexity index is 293. The van der Waals surface area contributed by atoms with Crippen molar-refractivity contribution in [3.63, 3.8) is 0 Å². The number of aliphatic carboxylic acids is 1. The van der Waals surface area contributed by atoms with Crippen LogP contribution in [0.2, 0.25) is 0 Å². The molecule has 0 aliphatic carbocycles. The molecule has 0 saturated carbocycles. The zero-order valence-electron chi connectivity index (χ0n) is 11.1. The predicted octanol–water partition coefficient (Wildman–Crippen LogP) is 1.70. The van der Waals surface area contributed by atoms with Gasteiger partial charge in [-0.3, -0.25) is 4.79 Å². The van der Waals surface area contributed by atoms with Gasteiger partial charge in [-0.05, 0) is 32.6 Å². The molecule has 1 aliphatic rings. The summed E-state index contributed by atoms with van der Waals surface area (Å²) in [6.07, 6.45) is 4.69. The third-order valence-corrected chi connectivity index (χ3v) is 3.22. The first-order valence-corrected chi connectivity index (χ1v) is 6.70. The van der Waals surface area contributed by atoms with Gasteiger partial charge in [-0.25, -0.2) is 4.79 Å². The van der Waals surface area contributed by atoms with Gasteiger partial charge >= 0.3 is 5.97 Å². The highest BCUT2D eigenvalue weighted by atomic mass is 16.5. The first-order valence-electron chi connectivity index (χ1n) is 6.70. The first-order chi connectivity index (χ1) is 8.52. The largest absolute Gasteiger partial charge is 0.480 e. The zero-order chi connectivity index (χ0) is 13.5. The summed E-state index contributed by atoms with van der Waals surface area (Å²) in [4.78, 5) is 22.5. The molecular weight excluding hydrogens is 234 g/mol. The normalized spacial score (nSPS) is 24.8. The van der Waals surface area contributed by atoms with E-state index in [9.17, 15) is 9.59 Å². The number of rotatable bonds is 7. The van der Waals surface area contributed by atoms with Crippen molar-refractivity contribution in [1.82, 2.24) is 5.32 Å². The lowest BCUT2D eigenvalue weighted by atomic mass is 10.1. The summed E-state index contributed by atoms with van der Waals surface area (Å²) < 4.78 is 5.62. The van der Waals surface area contributed by atoms with Crippen molar-refractivity contribution < 1.29 is 19.4 Å². The van der Waals surface area contributed by atoms with Crippen LogP contribution in [-0.4, -0.2) is 35.2 Å². The van der Waals surface area contributed by atoms with Crippen molar-refractivity contribution >= 4 is 11.9 Å². The van der Waals surface area contributed by atoms with E-state index in [1.165, 1.54) is 0 Å². The second-order valence-corrected chi connectivity index (χ2v) is 4.93. The number of hydrogen-bond donors (Lipinski definition) is 2. The first kappa shape index (κ1) is 15.0. The molecule has 1 aliphatic heterocycles. The van der Waals surface area contributed by atoms with Gasteiger partial charge in [0.15, 0.2) is 0 Å². The molecule has 0 aromatic rings. The maximum Gasteiger partial charge on any atom is 0.326 e. The highest BCUT2D eigenvalue weighted by Crippen LogP contribution is 2.22. The van der Waals surface area contributed by atoms with Crippen molar-refractivity contribution in [3.05, 3.63) is 0 Å². The van der Waals surface area contributed by atoms with E-state index in [0.29, 0.717) is 19.3 Å². The Balaban J connectivity index is 2.25. The van der Waals surface area contributed by atoms with E-state index in [2.05, 4.69) is 5.32 Å². The minimum atomic E-state index is -0.962. The lowest BCUT2D eigenvalue weighted by Crippen LogP contribution is -2.40. The molecule has 1 saturated heterocycles. The summed E-state index contributed by atoms with van der Waals surface area (Å²) in [5.74, 6) is -1.16. The second kappa shape index (κ2) is 7.36.